The Morgan fingerprint density at radius 3 is 2.26 bits per heavy atom. The van der Waals surface area contributed by atoms with Crippen molar-refractivity contribution in [2.24, 2.45) is 0 Å². The van der Waals surface area contributed by atoms with Gasteiger partial charge in [-0.1, -0.05) is 12.1 Å². The van der Waals surface area contributed by atoms with Crippen LogP contribution in [0.5, 0.6) is 11.5 Å². The molecule has 164 valence electrons. The van der Waals surface area contributed by atoms with E-state index < -0.39 is 47.2 Å². The number of hydrogen-bond donors (Lipinski definition) is 1. The summed E-state index contributed by atoms with van der Waals surface area (Å²) < 4.78 is 88.3. The maximum atomic E-state index is 13.2. The second-order valence-electron chi connectivity index (χ2n) is 6.04. The number of carboxylic acid groups (broad SMARTS) is 1. The lowest BCUT2D eigenvalue weighted by molar-refractivity contribution is -0.143. The van der Waals surface area contributed by atoms with E-state index in [1.807, 2.05) is 0 Å². The highest BCUT2D eigenvalue weighted by Crippen LogP contribution is 2.38. The number of ether oxygens (including phenoxy) is 2. The zero-order valence-electron chi connectivity index (χ0n) is 15.6. The van der Waals surface area contributed by atoms with E-state index in [2.05, 4.69) is 0 Å². The number of rotatable bonds is 6. The van der Waals surface area contributed by atoms with Crippen LogP contribution in [0.1, 0.15) is 22.3 Å². The molecule has 0 heterocycles. The predicted molar refractivity (Wildman–Crippen MR) is 95.0 cm³/mol. The topological polar surface area (TPSA) is 79.5 Å². The summed E-state index contributed by atoms with van der Waals surface area (Å²) >= 11 is 0. The predicted octanol–water partition coefficient (Wildman–Crippen LogP) is 5.30. The molecule has 1 N–H and O–H groups in total. The van der Waals surface area contributed by atoms with Crippen LogP contribution in [-0.4, -0.2) is 18.2 Å². The number of nitrogens with zero attached hydrogens (tertiary/aromatic N) is 1. The second-order valence-corrected chi connectivity index (χ2v) is 6.04. The molecule has 0 saturated heterocycles. The molecule has 0 aliphatic heterocycles. The van der Waals surface area contributed by atoms with Crippen molar-refractivity contribution in [2.75, 3.05) is 7.11 Å². The Bertz CT molecular complexity index is 1050. The first-order chi connectivity index (χ1) is 14.4. The van der Waals surface area contributed by atoms with Crippen molar-refractivity contribution in [3.05, 3.63) is 64.2 Å². The third kappa shape index (κ3) is 5.91. The molecule has 0 amide bonds. The lowest BCUT2D eigenvalue weighted by Crippen LogP contribution is -2.14. The average Bonchev–Trinajstić information content (AvgIpc) is 2.68. The van der Waals surface area contributed by atoms with Crippen LogP contribution in [0, 0.1) is 11.3 Å². The number of nitriles is 1. The number of aliphatic carboxylic acids is 1. The van der Waals surface area contributed by atoms with Gasteiger partial charge in [0.05, 0.1) is 18.2 Å². The Morgan fingerprint density at radius 1 is 1.06 bits per heavy atom. The van der Waals surface area contributed by atoms with Crippen LogP contribution in [0.3, 0.4) is 0 Å². The Morgan fingerprint density at radius 2 is 1.74 bits per heavy atom. The van der Waals surface area contributed by atoms with Crippen molar-refractivity contribution < 1.29 is 45.7 Å². The van der Waals surface area contributed by atoms with Crippen molar-refractivity contribution in [3.63, 3.8) is 0 Å². The van der Waals surface area contributed by atoms with Crippen LogP contribution in [0.2, 0.25) is 0 Å². The van der Waals surface area contributed by atoms with E-state index in [0.717, 1.165) is 6.08 Å². The molecule has 0 aliphatic rings. The lowest BCUT2D eigenvalue weighted by Gasteiger charge is -2.17. The maximum Gasteiger partial charge on any atom is 0.416 e. The summed E-state index contributed by atoms with van der Waals surface area (Å²) in [5.41, 5.74) is -3.77. The summed E-state index contributed by atoms with van der Waals surface area (Å²) in [5.74, 6) is -1.48. The Labute approximate surface area is 171 Å². The average molecular weight is 445 g/mol. The number of benzene rings is 2. The third-order valence-electron chi connectivity index (χ3n) is 3.98. The van der Waals surface area contributed by atoms with Gasteiger partial charge in [0.15, 0.2) is 11.5 Å². The molecule has 31 heavy (non-hydrogen) atoms. The molecule has 0 radical (unpaired) electrons. The summed E-state index contributed by atoms with van der Waals surface area (Å²) in [7, 11) is 1.22. The highest BCUT2D eigenvalue weighted by atomic mass is 19.4. The summed E-state index contributed by atoms with van der Waals surface area (Å²) in [6.45, 7) is -0.711. The van der Waals surface area contributed by atoms with Gasteiger partial charge in [0, 0.05) is 5.56 Å². The number of carboxylic acids is 1. The van der Waals surface area contributed by atoms with Gasteiger partial charge in [0.1, 0.15) is 18.2 Å². The molecule has 2 aromatic carbocycles. The molecule has 0 unspecified atom stereocenters. The Kier molecular flexibility index (Phi) is 6.84. The van der Waals surface area contributed by atoms with E-state index in [4.69, 9.17) is 19.8 Å². The largest absolute Gasteiger partial charge is 0.493 e. The zero-order chi connectivity index (χ0) is 23.4. The number of alkyl halides is 6. The SMILES string of the molecule is COc1cc(/C=C(/C#N)C(=O)O)ccc1OCc1ccc(C(F)(F)F)cc1C(F)(F)F. The van der Waals surface area contributed by atoms with E-state index in [9.17, 15) is 31.1 Å². The van der Waals surface area contributed by atoms with Crippen molar-refractivity contribution in [1.29, 1.82) is 5.26 Å². The van der Waals surface area contributed by atoms with Gasteiger partial charge < -0.3 is 14.6 Å². The first-order valence-electron chi connectivity index (χ1n) is 8.30. The third-order valence-corrected chi connectivity index (χ3v) is 3.98. The normalized spacial score (nSPS) is 12.3. The number of hydrogen-bond acceptors (Lipinski definition) is 4. The van der Waals surface area contributed by atoms with E-state index >= 15 is 0 Å². The smallest absolute Gasteiger partial charge is 0.416 e. The summed E-state index contributed by atoms with van der Waals surface area (Å²) in [5, 5.41) is 17.7. The molecule has 0 spiro atoms. The van der Waals surface area contributed by atoms with Crippen LogP contribution in [0.4, 0.5) is 26.3 Å². The van der Waals surface area contributed by atoms with Gasteiger partial charge in [0.25, 0.3) is 0 Å². The van der Waals surface area contributed by atoms with Gasteiger partial charge in [0.2, 0.25) is 0 Å². The molecule has 0 saturated carbocycles. The highest BCUT2D eigenvalue weighted by Gasteiger charge is 2.38. The fraction of sp³-hybridized carbons (Fsp3) is 0.200. The van der Waals surface area contributed by atoms with Gasteiger partial charge in [-0.15, -0.1) is 0 Å². The molecule has 0 aromatic heterocycles. The number of methoxy groups -OCH3 is 1. The minimum Gasteiger partial charge on any atom is -0.493 e. The summed E-state index contributed by atoms with van der Waals surface area (Å²) in [6, 6.07) is 6.58. The van der Waals surface area contributed by atoms with Crippen LogP contribution in [0.25, 0.3) is 6.08 Å². The molecule has 0 fully saturated rings. The molecule has 11 heteroatoms. The van der Waals surface area contributed by atoms with Crippen LogP contribution >= 0.6 is 0 Å². The van der Waals surface area contributed by atoms with E-state index in [-0.39, 0.29) is 23.1 Å². The Balaban J connectivity index is 2.34. The van der Waals surface area contributed by atoms with Gasteiger partial charge >= 0.3 is 18.3 Å². The van der Waals surface area contributed by atoms with E-state index in [1.165, 1.54) is 31.4 Å². The molecule has 2 rings (SSSR count). The minimum atomic E-state index is -5.04. The van der Waals surface area contributed by atoms with Crippen LogP contribution < -0.4 is 9.47 Å². The highest BCUT2D eigenvalue weighted by molar-refractivity contribution is 5.96. The van der Waals surface area contributed by atoms with Crippen LogP contribution in [0.15, 0.2) is 42.0 Å². The zero-order valence-corrected chi connectivity index (χ0v) is 15.6. The molecule has 0 aliphatic carbocycles. The van der Waals surface area contributed by atoms with Crippen molar-refractivity contribution >= 4 is 12.0 Å². The van der Waals surface area contributed by atoms with E-state index in [1.54, 1.807) is 0 Å². The Hall–Kier alpha value is -3.68. The number of halogens is 6. The first-order valence-corrected chi connectivity index (χ1v) is 8.30. The monoisotopic (exact) mass is 445 g/mol. The molecule has 0 bridgehead atoms. The number of carbonyl (C=O) groups is 1. The van der Waals surface area contributed by atoms with Gasteiger partial charge in [-0.3, -0.25) is 0 Å². The lowest BCUT2D eigenvalue weighted by atomic mass is 10.0. The fourth-order valence-corrected chi connectivity index (χ4v) is 2.50. The minimum absolute atomic E-state index is 0.0110. The second kappa shape index (κ2) is 8.99. The standard InChI is InChI=1S/C20H13F6NO4/c1-30-17-7-11(6-13(9-27)18(28)29)2-5-16(17)31-10-12-3-4-14(19(21,22)23)8-15(12)20(24,25)26/h2-8H,10H2,1H3,(H,28,29)/b13-6-. The van der Waals surface area contributed by atoms with Gasteiger partial charge in [-0.2, -0.15) is 31.6 Å². The summed E-state index contributed by atoms with van der Waals surface area (Å²) in [6.07, 6.45) is -8.93. The fourth-order valence-electron chi connectivity index (χ4n) is 2.50. The van der Waals surface area contributed by atoms with Crippen molar-refractivity contribution in [3.8, 4) is 17.6 Å². The maximum absolute atomic E-state index is 13.2. The molecule has 0 atom stereocenters. The van der Waals surface area contributed by atoms with Gasteiger partial charge in [-0.25, -0.2) is 4.79 Å². The molecular weight excluding hydrogens is 432 g/mol. The van der Waals surface area contributed by atoms with E-state index in [0.29, 0.717) is 12.1 Å². The summed E-state index contributed by atoms with van der Waals surface area (Å²) in [4.78, 5) is 10.9. The quantitative estimate of drug-likeness (QED) is 0.371. The van der Waals surface area contributed by atoms with Crippen LogP contribution in [-0.2, 0) is 23.8 Å². The van der Waals surface area contributed by atoms with Crippen molar-refractivity contribution in [2.45, 2.75) is 19.0 Å². The molecule has 5 nitrogen and oxygen atoms in total. The van der Waals surface area contributed by atoms with Gasteiger partial charge in [-0.05, 0) is 35.9 Å². The molecular formula is C20H13F6NO4. The molecule has 2 aromatic rings. The first kappa shape index (κ1) is 23.6. The van der Waals surface area contributed by atoms with Crippen molar-refractivity contribution in [1.82, 2.24) is 0 Å².